The van der Waals surface area contributed by atoms with E-state index >= 15 is 0 Å². The van der Waals surface area contributed by atoms with E-state index in [-0.39, 0.29) is 6.04 Å². The van der Waals surface area contributed by atoms with Crippen molar-refractivity contribution in [3.8, 4) is 11.3 Å². The van der Waals surface area contributed by atoms with Crippen molar-refractivity contribution in [1.29, 1.82) is 0 Å². The average Bonchev–Trinajstić information content (AvgIpc) is 3.28. The van der Waals surface area contributed by atoms with Crippen molar-refractivity contribution in [2.75, 3.05) is 5.32 Å². The highest BCUT2D eigenvalue weighted by atomic mass is 35.5. The molecule has 0 radical (unpaired) electrons. The molecule has 0 aliphatic rings. The van der Waals surface area contributed by atoms with Gasteiger partial charge in [-0.15, -0.1) is 0 Å². The number of hydrogen-bond donors (Lipinski definition) is 2. The third kappa shape index (κ3) is 3.47. The van der Waals surface area contributed by atoms with E-state index in [1.165, 1.54) is 6.33 Å². The van der Waals surface area contributed by atoms with E-state index in [4.69, 9.17) is 16.6 Å². The molecule has 1 atom stereocenters. The molecule has 0 amide bonds. The number of rotatable bonds is 5. The Morgan fingerprint density at radius 2 is 2.00 bits per heavy atom. The average molecular weight is 430 g/mol. The van der Waals surface area contributed by atoms with Gasteiger partial charge < -0.3 is 10.3 Å². The second kappa shape index (κ2) is 7.92. The number of nitrogens with zero attached hydrogens (tertiary/aromatic N) is 5. The zero-order chi connectivity index (χ0) is 21.4. The Morgan fingerprint density at radius 1 is 1.10 bits per heavy atom. The summed E-state index contributed by atoms with van der Waals surface area (Å²) in [6.45, 7) is 4.18. The van der Waals surface area contributed by atoms with Crippen LogP contribution in [-0.2, 0) is 6.42 Å². The maximum atomic E-state index is 6.48. The molecule has 5 rings (SSSR count). The minimum Gasteiger partial charge on any atom is -0.362 e. The number of pyridine rings is 2. The summed E-state index contributed by atoms with van der Waals surface area (Å²) in [5.74, 6) is 0.689. The van der Waals surface area contributed by atoms with Crippen LogP contribution in [0.3, 0.4) is 0 Å². The molecule has 0 spiro atoms. The Bertz CT molecular complexity index is 1400. The molecule has 0 bridgehead atoms. The predicted octanol–water partition coefficient (Wildman–Crippen LogP) is 5.35. The highest BCUT2D eigenvalue weighted by Crippen LogP contribution is 2.35. The lowest BCUT2D eigenvalue weighted by atomic mass is 9.97. The van der Waals surface area contributed by atoms with Crippen LogP contribution in [0, 0.1) is 0 Å². The van der Waals surface area contributed by atoms with Gasteiger partial charge in [-0.05, 0) is 37.6 Å². The lowest BCUT2D eigenvalue weighted by Gasteiger charge is -2.20. The molecule has 0 unspecified atom stereocenters. The second-order valence-electron chi connectivity index (χ2n) is 7.28. The number of fused-ring (bicyclic) bond motifs is 2. The number of H-pyrrole nitrogens is 1. The van der Waals surface area contributed by atoms with Crippen molar-refractivity contribution in [2.45, 2.75) is 26.3 Å². The molecule has 7 nitrogen and oxygen atoms in total. The van der Waals surface area contributed by atoms with Crippen LogP contribution in [-0.4, -0.2) is 29.9 Å². The molecular weight excluding hydrogens is 410 g/mol. The second-order valence-corrected chi connectivity index (χ2v) is 7.69. The summed E-state index contributed by atoms with van der Waals surface area (Å²) < 4.78 is 0. The highest BCUT2D eigenvalue weighted by Gasteiger charge is 2.20. The van der Waals surface area contributed by atoms with Gasteiger partial charge in [0.2, 0.25) is 0 Å². The van der Waals surface area contributed by atoms with Gasteiger partial charge >= 0.3 is 0 Å². The molecule has 0 saturated heterocycles. The standard InChI is InChI=1S/C23H20ClN7/c1-3-18-15(7-5-9-25-18)20-16(10-14-6-4-8-17(24)19(14)31-20)13(2)30-23-21-22(27-11-26-21)28-12-29-23/h4-13H,3H2,1-2H3,(H2,26,27,28,29,30)/t13-/m0/s1. The number of anilines is 1. The van der Waals surface area contributed by atoms with E-state index < -0.39 is 0 Å². The van der Waals surface area contributed by atoms with Gasteiger partial charge in [0.1, 0.15) is 11.8 Å². The number of aryl methyl sites for hydroxylation is 1. The first-order valence-corrected chi connectivity index (χ1v) is 10.5. The number of nitrogens with one attached hydrogen (secondary N) is 2. The molecule has 0 saturated carbocycles. The first-order chi connectivity index (χ1) is 15.2. The molecule has 5 aromatic rings. The first kappa shape index (κ1) is 19.4. The fourth-order valence-corrected chi connectivity index (χ4v) is 4.04. The monoisotopic (exact) mass is 429 g/mol. The van der Waals surface area contributed by atoms with Gasteiger partial charge in [-0.25, -0.2) is 19.9 Å². The summed E-state index contributed by atoms with van der Waals surface area (Å²) in [5, 5.41) is 5.11. The Balaban J connectivity index is 1.68. The number of aromatic nitrogens is 6. The van der Waals surface area contributed by atoms with Crippen LogP contribution in [0.1, 0.15) is 31.1 Å². The van der Waals surface area contributed by atoms with Gasteiger partial charge in [0.05, 0.1) is 28.6 Å². The molecule has 0 fully saturated rings. The minimum absolute atomic E-state index is 0.0998. The van der Waals surface area contributed by atoms with Gasteiger partial charge in [0.25, 0.3) is 0 Å². The summed E-state index contributed by atoms with van der Waals surface area (Å²) in [7, 11) is 0. The van der Waals surface area contributed by atoms with Crippen LogP contribution in [0.15, 0.2) is 55.2 Å². The molecular formula is C23H20ClN7. The molecule has 8 heteroatoms. The Morgan fingerprint density at radius 3 is 2.87 bits per heavy atom. The van der Waals surface area contributed by atoms with E-state index in [0.29, 0.717) is 16.5 Å². The zero-order valence-electron chi connectivity index (χ0n) is 17.1. The van der Waals surface area contributed by atoms with Crippen LogP contribution >= 0.6 is 11.6 Å². The maximum Gasteiger partial charge on any atom is 0.182 e. The van der Waals surface area contributed by atoms with Crippen LogP contribution < -0.4 is 5.32 Å². The molecule has 2 N–H and O–H groups in total. The van der Waals surface area contributed by atoms with Crippen LogP contribution in [0.5, 0.6) is 0 Å². The summed E-state index contributed by atoms with van der Waals surface area (Å²) >= 11 is 6.48. The summed E-state index contributed by atoms with van der Waals surface area (Å²) in [5.41, 5.74) is 6.05. The lowest BCUT2D eigenvalue weighted by molar-refractivity contribution is 0.871. The van der Waals surface area contributed by atoms with E-state index in [1.54, 1.807) is 6.33 Å². The smallest absolute Gasteiger partial charge is 0.182 e. The largest absolute Gasteiger partial charge is 0.362 e. The lowest BCUT2D eigenvalue weighted by Crippen LogP contribution is -2.11. The summed E-state index contributed by atoms with van der Waals surface area (Å²) in [4.78, 5) is 25.5. The number of halogens is 1. The molecule has 4 heterocycles. The van der Waals surface area contributed by atoms with Gasteiger partial charge in [-0.2, -0.15) is 0 Å². The summed E-state index contributed by atoms with van der Waals surface area (Å²) in [6, 6.07) is 11.9. The zero-order valence-corrected chi connectivity index (χ0v) is 17.9. The van der Waals surface area contributed by atoms with Gasteiger partial charge in [-0.1, -0.05) is 30.7 Å². The fourth-order valence-electron chi connectivity index (χ4n) is 3.82. The number of para-hydroxylation sites is 1. The van der Waals surface area contributed by atoms with E-state index in [2.05, 4.69) is 56.2 Å². The molecule has 31 heavy (non-hydrogen) atoms. The molecule has 0 aliphatic heterocycles. The van der Waals surface area contributed by atoms with Gasteiger partial charge in [-0.3, -0.25) is 4.98 Å². The third-order valence-electron chi connectivity index (χ3n) is 5.35. The topological polar surface area (TPSA) is 92.3 Å². The number of hydrogen-bond acceptors (Lipinski definition) is 6. The Labute approximate surface area is 184 Å². The third-order valence-corrected chi connectivity index (χ3v) is 5.65. The van der Waals surface area contributed by atoms with Crippen LogP contribution in [0.4, 0.5) is 5.82 Å². The van der Waals surface area contributed by atoms with Crippen molar-refractivity contribution in [3.63, 3.8) is 0 Å². The quantitative estimate of drug-likeness (QED) is 0.391. The van der Waals surface area contributed by atoms with Gasteiger partial charge in [0, 0.05) is 28.4 Å². The number of imidazole rings is 1. The molecule has 4 aromatic heterocycles. The Hall–Kier alpha value is -3.58. The van der Waals surface area contributed by atoms with Crippen molar-refractivity contribution < 1.29 is 0 Å². The van der Waals surface area contributed by atoms with E-state index in [1.807, 2.05) is 30.5 Å². The summed E-state index contributed by atoms with van der Waals surface area (Å²) in [6.07, 6.45) is 5.74. The van der Waals surface area contributed by atoms with Crippen molar-refractivity contribution in [2.24, 2.45) is 0 Å². The van der Waals surface area contributed by atoms with E-state index in [9.17, 15) is 0 Å². The number of aromatic amines is 1. The predicted molar refractivity (Wildman–Crippen MR) is 123 cm³/mol. The number of benzene rings is 1. The minimum atomic E-state index is -0.0998. The maximum absolute atomic E-state index is 6.48. The normalized spacial score (nSPS) is 12.4. The fraction of sp³-hybridized carbons (Fsp3) is 0.174. The molecule has 0 aliphatic carbocycles. The van der Waals surface area contributed by atoms with Gasteiger partial charge in [0.15, 0.2) is 11.5 Å². The highest BCUT2D eigenvalue weighted by molar-refractivity contribution is 6.35. The molecule has 154 valence electrons. The van der Waals surface area contributed by atoms with Crippen LogP contribution in [0.2, 0.25) is 5.02 Å². The van der Waals surface area contributed by atoms with Crippen molar-refractivity contribution in [3.05, 3.63) is 71.5 Å². The van der Waals surface area contributed by atoms with Crippen molar-refractivity contribution >= 4 is 39.5 Å². The molecule has 1 aromatic carbocycles. The SMILES string of the molecule is CCc1ncccc1-c1nc2c(Cl)cccc2cc1[C@H](C)Nc1ncnc2nc[nH]c12. The van der Waals surface area contributed by atoms with Crippen molar-refractivity contribution in [1.82, 2.24) is 29.9 Å². The first-order valence-electron chi connectivity index (χ1n) is 10.1. The Kier molecular flexibility index (Phi) is 4.95. The van der Waals surface area contributed by atoms with E-state index in [0.717, 1.165) is 45.4 Å². The van der Waals surface area contributed by atoms with Crippen LogP contribution in [0.25, 0.3) is 33.3 Å².